The second-order valence-corrected chi connectivity index (χ2v) is 6.84. The van der Waals surface area contributed by atoms with Crippen molar-refractivity contribution in [1.29, 1.82) is 0 Å². The number of pyridine rings is 1. The summed E-state index contributed by atoms with van der Waals surface area (Å²) in [4.78, 5) is 18.6. The molecule has 0 aliphatic rings. The number of carbonyl (C=O) groups is 1. The smallest absolute Gasteiger partial charge is 0.340 e. The highest BCUT2D eigenvalue weighted by atomic mass is 16.5. The van der Waals surface area contributed by atoms with Crippen molar-refractivity contribution >= 4 is 38.5 Å². The highest BCUT2D eigenvalue weighted by Gasteiger charge is 2.17. The topological polar surface area (TPSA) is 62.7 Å². The van der Waals surface area contributed by atoms with Crippen LogP contribution in [0.15, 0.2) is 54.6 Å². The summed E-state index contributed by atoms with van der Waals surface area (Å²) in [6.45, 7) is 1.13. The van der Waals surface area contributed by atoms with Gasteiger partial charge in [-0.05, 0) is 55.2 Å². The molecule has 1 N–H and O–H groups in total. The quantitative estimate of drug-likeness (QED) is 0.541. The van der Waals surface area contributed by atoms with Crippen LogP contribution in [-0.2, 0) is 0 Å². The Labute approximate surface area is 156 Å². The number of likely N-dealkylation sites (N-methyl/N-ethyl adjacent to an activating group) is 1. The lowest BCUT2D eigenvalue weighted by Gasteiger charge is -2.14. The predicted molar refractivity (Wildman–Crippen MR) is 108 cm³/mol. The minimum absolute atomic E-state index is 0.161. The molecule has 1 aromatic heterocycles. The van der Waals surface area contributed by atoms with Gasteiger partial charge in [0.25, 0.3) is 0 Å². The molecule has 0 spiro atoms. The zero-order valence-corrected chi connectivity index (χ0v) is 15.3. The molecule has 0 saturated carbocycles. The number of aromatic carboxylic acids is 1. The van der Waals surface area contributed by atoms with Gasteiger partial charge in [0, 0.05) is 17.3 Å². The summed E-state index contributed by atoms with van der Waals surface area (Å²) < 4.78 is 5.75. The number of nitrogens with zero attached hydrogens (tertiary/aromatic N) is 2. The maximum absolute atomic E-state index is 12.0. The third-order valence-corrected chi connectivity index (χ3v) is 4.63. The average molecular weight is 360 g/mol. The molecule has 0 aliphatic carbocycles. The minimum atomic E-state index is -1.01. The molecule has 136 valence electrons. The van der Waals surface area contributed by atoms with Crippen molar-refractivity contribution in [2.75, 3.05) is 27.2 Å². The van der Waals surface area contributed by atoms with Gasteiger partial charge in [0.05, 0.1) is 11.0 Å². The maximum atomic E-state index is 12.0. The summed E-state index contributed by atoms with van der Waals surface area (Å²) in [6, 6.07) is 17.6. The molecule has 4 rings (SSSR count). The number of aromatic nitrogens is 1. The van der Waals surface area contributed by atoms with Crippen molar-refractivity contribution in [2.45, 2.75) is 0 Å². The number of hydrogen-bond acceptors (Lipinski definition) is 4. The van der Waals surface area contributed by atoms with Crippen LogP contribution in [0.25, 0.3) is 32.6 Å². The number of rotatable bonds is 5. The van der Waals surface area contributed by atoms with Crippen LogP contribution in [0.1, 0.15) is 10.4 Å². The number of ether oxygens (including phenoxy) is 1. The van der Waals surface area contributed by atoms with Crippen LogP contribution in [0, 0.1) is 0 Å². The minimum Gasteiger partial charge on any atom is -0.491 e. The summed E-state index contributed by atoms with van der Waals surface area (Å²) in [7, 11) is 3.89. The third kappa shape index (κ3) is 3.29. The van der Waals surface area contributed by atoms with E-state index in [1.54, 1.807) is 6.07 Å². The van der Waals surface area contributed by atoms with E-state index in [4.69, 9.17) is 9.72 Å². The molecular weight excluding hydrogens is 340 g/mol. The van der Waals surface area contributed by atoms with Crippen LogP contribution in [0.2, 0.25) is 0 Å². The van der Waals surface area contributed by atoms with E-state index in [0.717, 1.165) is 21.7 Å². The lowest BCUT2D eigenvalue weighted by molar-refractivity contribution is 0.0694. The van der Waals surface area contributed by atoms with Gasteiger partial charge in [0.15, 0.2) is 0 Å². The molecule has 1 heterocycles. The van der Waals surface area contributed by atoms with E-state index in [1.807, 2.05) is 67.5 Å². The number of carboxylic acids is 1. The Kier molecular flexibility index (Phi) is 4.38. The van der Waals surface area contributed by atoms with Crippen LogP contribution >= 0.6 is 0 Å². The van der Waals surface area contributed by atoms with Gasteiger partial charge in [-0.3, -0.25) is 0 Å². The van der Waals surface area contributed by atoms with E-state index in [2.05, 4.69) is 0 Å². The molecular formula is C22H20N2O3. The van der Waals surface area contributed by atoms with Gasteiger partial charge in [-0.25, -0.2) is 9.78 Å². The van der Waals surface area contributed by atoms with Gasteiger partial charge < -0.3 is 14.7 Å². The second-order valence-electron chi connectivity index (χ2n) is 6.84. The Morgan fingerprint density at radius 3 is 2.44 bits per heavy atom. The molecule has 0 aliphatic heterocycles. The zero-order valence-electron chi connectivity index (χ0n) is 15.3. The Balaban J connectivity index is 1.90. The third-order valence-electron chi connectivity index (χ3n) is 4.63. The standard InChI is InChI=1S/C22H20N2O3/c1-24(2)9-10-27-20-8-7-18-17(21(20)22(25)26)12-16-11-14-5-3-4-6-15(14)13-19(16)23-18/h3-8,11-13H,9-10H2,1-2H3,(H,25,26). The summed E-state index contributed by atoms with van der Waals surface area (Å²) in [6.07, 6.45) is 0. The van der Waals surface area contributed by atoms with Gasteiger partial charge in [-0.1, -0.05) is 24.3 Å². The van der Waals surface area contributed by atoms with Crippen LogP contribution in [-0.4, -0.2) is 48.2 Å². The van der Waals surface area contributed by atoms with Crippen molar-refractivity contribution in [3.8, 4) is 5.75 Å². The Hall–Kier alpha value is -3.18. The first-order chi connectivity index (χ1) is 13.0. The van der Waals surface area contributed by atoms with Crippen molar-refractivity contribution in [3.05, 3.63) is 60.2 Å². The Bertz CT molecular complexity index is 1170. The molecule has 0 atom stereocenters. The molecule has 0 amide bonds. The fraction of sp³-hybridized carbons (Fsp3) is 0.182. The average Bonchev–Trinajstić information content (AvgIpc) is 2.64. The fourth-order valence-electron chi connectivity index (χ4n) is 3.25. The molecule has 0 fully saturated rings. The van der Waals surface area contributed by atoms with E-state index in [0.29, 0.717) is 29.8 Å². The molecule has 0 bridgehead atoms. The van der Waals surface area contributed by atoms with Gasteiger partial charge in [-0.2, -0.15) is 0 Å². The lowest BCUT2D eigenvalue weighted by Crippen LogP contribution is -2.20. The van der Waals surface area contributed by atoms with Crippen LogP contribution in [0.3, 0.4) is 0 Å². The Morgan fingerprint density at radius 2 is 1.74 bits per heavy atom. The highest BCUT2D eigenvalue weighted by Crippen LogP contribution is 2.31. The Morgan fingerprint density at radius 1 is 1.00 bits per heavy atom. The highest BCUT2D eigenvalue weighted by molar-refractivity contribution is 6.09. The number of hydrogen-bond donors (Lipinski definition) is 1. The SMILES string of the molecule is CN(C)CCOc1ccc2nc3cc4ccccc4cc3cc2c1C(=O)O. The predicted octanol–water partition coefficient (Wildman–Crippen LogP) is 4.18. The molecule has 0 unspecified atom stereocenters. The van der Waals surface area contributed by atoms with Crippen molar-refractivity contribution in [3.63, 3.8) is 0 Å². The molecule has 4 aromatic rings. The normalized spacial score (nSPS) is 11.5. The van der Waals surface area contributed by atoms with Crippen molar-refractivity contribution < 1.29 is 14.6 Å². The largest absolute Gasteiger partial charge is 0.491 e. The first kappa shape index (κ1) is 17.2. The summed E-state index contributed by atoms with van der Waals surface area (Å²) in [5.41, 5.74) is 1.66. The van der Waals surface area contributed by atoms with Crippen molar-refractivity contribution in [1.82, 2.24) is 9.88 Å². The lowest BCUT2D eigenvalue weighted by atomic mass is 10.0. The molecule has 0 saturated heterocycles. The molecule has 0 radical (unpaired) electrons. The molecule has 3 aromatic carbocycles. The first-order valence-electron chi connectivity index (χ1n) is 8.80. The summed E-state index contributed by atoms with van der Waals surface area (Å²) >= 11 is 0. The van der Waals surface area contributed by atoms with Crippen LogP contribution in [0.4, 0.5) is 0 Å². The molecule has 5 nitrogen and oxygen atoms in total. The summed E-state index contributed by atoms with van der Waals surface area (Å²) in [5, 5.41) is 13.5. The fourth-order valence-corrected chi connectivity index (χ4v) is 3.25. The first-order valence-corrected chi connectivity index (χ1v) is 8.80. The monoisotopic (exact) mass is 360 g/mol. The van der Waals surface area contributed by atoms with E-state index >= 15 is 0 Å². The van der Waals surface area contributed by atoms with E-state index in [9.17, 15) is 9.90 Å². The second kappa shape index (κ2) is 6.85. The van der Waals surface area contributed by atoms with Gasteiger partial charge in [-0.15, -0.1) is 0 Å². The van der Waals surface area contributed by atoms with Crippen LogP contribution in [0.5, 0.6) is 5.75 Å². The van der Waals surface area contributed by atoms with Gasteiger partial charge in [0.2, 0.25) is 0 Å². The zero-order chi connectivity index (χ0) is 19.0. The van der Waals surface area contributed by atoms with E-state index in [1.165, 1.54) is 0 Å². The van der Waals surface area contributed by atoms with Gasteiger partial charge in [0.1, 0.15) is 17.9 Å². The maximum Gasteiger partial charge on any atom is 0.340 e. The number of fused-ring (bicyclic) bond motifs is 3. The van der Waals surface area contributed by atoms with Gasteiger partial charge >= 0.3 is 5.97 Å². The van der Waals surface area contributed by atoms with Crippen molar-refractivity contribution in [2.24, 2.45) is 0 Å². The molecule has 5 heteroatoms. The number of carboxylic acid groups (broad SMARTS) is 1. The molecule has 27 heavy (non-hydrogen) atoms. The van der Waals surface area contributed by atoms with E-state index < -0.39 is 5.97 Å². The van der Waals surface area contributed by atoms with Crippen LogP contribution < -0.4 is 4.74 Å². The van der Waals surface area contributed by atoms with E-state index in [-0.39, 0.29) is 5.56 Å². The number of benzene rings is 3. The summed E-state index contributed by atoms with van der Waals surface area (Å²) in [5.74, 6) is -0.638.